The number of nitrogens with zero attached hydrogens (tertiary/aromatic N) is 1. The molecule has 3 N–H and O–H groups in total. The van der Waals surface area contributed by atoms with Gasteiger partial charge in [-0.2, -0.15) is 5.26 Å². The van der Waals surface area contributed by atoms with Crippen LogP contribution in [-0.2, 0) is 14.3 Å². The monoisotopic (exact) mass is 355 g/mol. The summed E-state index contributed by atoms with van der Waals surface area (Å²) in [6.45, 7) is -1.21. The second-order valence-electron chi connectivity index (χ2n) is 3.69. The molecule has 1 aromatic carbocycles. The molecule has 0 heterocycles. The summed E-state index contributed by atoms with van der Waals surface area (Å²) < 4.78 is 5.17. The highest BCUT2D eigenvalue weighted by Gasteiger charge is 2.11. The summed E-state index contributed by atoms with van der Waals surface area (Å²) in [5.74, 6) is -2.03. The number of hydrogen-bond donors (Lipinski definition) is 3. The van der Waals surface area contributed by atoms with E-state index < -0.39 is 31.1 Å². The van der Waals surface area contributed by atoms with Gasteiger partial charge in [-0.25, -0.2) is 9.59 Å². The SMILES string of the molecule is N#Cc1ccc(Br)cc1NC(=O)NC(=O)COCC(=O)O. The lowest BCUT2D eigenvalue weighted by molar-refractivity contribution is -0.143. The van der Waals surface area contributed by atoms with Crippen LogP contribution in [0.15, 0.2) is 22.7 Å². The van der Waals surface area contributed by atoms with Crippen molar-refractivity contribution in [3.63, 3.8) is 0 Å². The molecular weight excluding hydrogens is 346 g/mol. The fraction of sp³-hybridized carbons (Fsp3) is 0.167. The van der Waals surface area contributed by atoms with Crippen LogP contribution in [0.1, 0.15) is 5.56 Å². The van der Waals surface area contributed by atoms with E-state index in [9.17, 15) is 14.4 Å². The van der Waals surface area contributed by atoms with Crippen molar-refractivity contribution >= 4 is 39.5 Å². The van der Waals surface area contributed by atoms with Crippen molar-refractivity contribution in [2.24, 2.45) is 0 Å². The van der Waals surface area contributed by atoms with Crippen LogP contribution in [0, 0.1) is 11.3 Å². The van der Waals surface area contributed by atoms with E-state index in [2.05, 4.69) is 26.0 Å². The molecule has 0 unspecified atom stereocenters. The predicted molar refractivity (Wildman–Crippen MR) is 74.5 cm³/mol. The average molecular weight is 356 g/mol. The Kier molecular flexibility index (Phi) is 6.32. The fourth-order valence-electron chi connectivity index (χ4n) is 1.26. The number of urea groups is 1. The second-order valence-corrected chi connectivity index (χ2v) is 4.61. The Labute approximate surface area is 127 Å². The Bertz CT molecular complexity index is 611. The zero-order valence-corrected chi connectivity index (χ0v) is 12.1. The molecule has 8 nitrogen and oxygen atoms in total. The van der Waals surface area contributed by atoms with Gasteiger partial charge in [-0.3, -0.25) is 10.1 Å². The highest BCUT2D eigenvalue weighted by atomic mass is 79.9. The van der Waals surface area contributed by atoms with Crippen molar-refractivity contribution in [2.75, 3.05) is 18.5 Å². The number of benzene rings is 1. The molecule has 0 aliphatic rings. The molecule has 1 aromatic rings. The minimum atomic E-state index is -1.22. The first-order valence-electron chi connectivity index (χ1n) is 5.52. The summed E-state index contributed by atoms with van der Waals surface area (Å²) >= 11 is 3.19. The molecule has 3 amide bonds. The maximum absolute atomic E-state index is 11.6. The number of ether oxygens (including phenoxy) is 1. The van der Waals surface area contributed by atoms with Crippen LogP contribution in [0.4, 0.5) is 10.5 Å². The number of imide groups is 1. The maximum atomic E-state index is 11.6. The van der Waals surface area contributed by atoms with Gasteiger partial charge in [0.25, 0.3) is 5.91 Å². The number of carboxylic acids is 1. The van der Waals surface area contributed by atoms with E-state index >= 15 is 0 Å². The smallest absolute Gasteiger partial charge is 0.329 e. The molecule has 0 fully saturated rings. The minimum absolute atomic E-state index is 0.225. The Morgan fingerprint density at radius 2 is 2.05 bits per heavy atom. The van der Waals surface area contributed by atoms with Crippen LogP contribution < -0.4 is 10.6 Å². The van der Waals surface area contributed by atoms with Crippen molar-refractivity contribution in [3.8, 4) is 6.07 Å². The van der Waals surface area contributed by atoms with E-state index in [1.54, 1.807) is 6.07 Å². The van der Waals surface area contributed by atoms with E-state index in [0.29, 0.717) is 4.47 Å². The van der Waals surface area contributed by atoms with Crippen LogP contribution in [0.2, 0.25) is 0 Å². The molecule has 1 rings (SSSR count). The van der Waals surface area contributed by atoms with Crippen molar-refractivity contribution in [3.05, 3.63) is 28.2 Å². The van der Waals surface area contributed by atoms with Gasteiger partial charge in [0.05, 0.1) is 11.3 Å². The molecule has 0 aliphatic carbocycles. The number of hydrogen-bond acceptors (Lipinski definition) is 5. The normalized spacial score (nSPS) is 9.52. The number of nitriles is 1. The van der Waals surface area contributed by atoms with Gasteiger partial charge in [-0.15, -0.1) is 0 Å². The zero-order valence-electron chi connectivity index (χ0n) is 10.6. The summed E-state index contributed by atoms with van der Waals surface area (Å²) in [5.41, 5.74) is 0.451. The number of rotatable bonds is 5. The summed E-state index contributed by atoms with van der Waals surface area (Å²) in [4.78, 5) is 33.0. The number of aliphatic carboxylic acids is 1. The number of carboxylic acid groups (broad SMARTS) is 1. The summed E-state index contributed by atoms with van der Waals surface area (Å²) in [6, 6.07) is 5.67. The Morgan fingerprint density at radius 1 is 1.33 bits per heavy atom. The van der Waals surface area contributed by atoms with E-state index in [-0.39, 0.29) is 11.3 Å². The molecule has 9 heteroatoms. The van der Waals surface area contributed by atoms with Crippen LogP contribution in [0.5, 0.6) is 0 Å². The van der Waals surface area contributed by atoms with Crippen LogP contribution >= 0.6 is 15.9 Å². The molecule has 0 bridgehead atoms. The molecule has 110 valence electrons. The minimum Gasteiger partial charge on any atom is -0.480 e. The van der Waals surface area contributed by atoms with Gasteiger partial charge in [-0.05, 0) is 18.2 Å². The van der Waals surface area contributed by atoms with E-state index in [1.165, 1.54) is 12.1 Å². The lowest BCUT2D eigenvalue weighted by atomic mass is 10.2. The zero-order chi connectivity index (χ0) is 15.8. The van der Waals surface area contributed by atoms with Gasteiger partial charge >= 0.3 is 12.0 Å². The number of anilines is 1. The number of halogens is 1. The van der Waals surface area contributed by atoms with Crippen LogP contribution in [-0.4, -0.2) is 36.2 Å². The lowest BCUT2D eigenvalue weighted by Crippen LogP contribution is -2.37. The van der Waals surface area contributed by atoms with Gasteiger partial charge in [-0.1, -0.05) is 15.9 Å². The Balaban J connectivity index is 2.54. The Hall–Kier alpha value is -2.44. The molecule has 0 saturated carbocycles. The van der Waals surface area contributed by atoms with Crippen molar-refractivity contribution in [2.45, 2.75) is 0 Å². The third kappa shape index (κ3) is 6.03. The van der Waals surface area contributed by atoms with Gasteiger partial charge in [0, 0.05) is 4.47 Å². The van der Waals surface area contributed by atoms with Crippen molar-refractivity contribution < 1.29 is 24.2 Å². The number of amides is 3. The highest BCUT2D eigenvalue weighted by Crippen LogP contribution is 2.20. The standard InChI is InChI=1S/C12H10BrN3O5/c13-8-2-1-7(4-14)9(3-8)15-12(20)16-10(17)5-21-6-11(18)19/h1-3H,5-6H2,(H,18,19)(H2,15,16,17,20). The second kappa shape index (κ2) is 7.98. The number of carbonyl (C=O) groups excluding carboxylic acids is 2. The predicted octanol–water partition coefficient (Wildman–Crippen LogP) is 1.07. The third-order valence-electron chi connectivity index (χ3n) is 2.06. The molecule has 0 spiro atoms. The van der Waals surface area contributed by atoms with E-state index in [1.807, 2.05) is 11.4 Å². The van der Waals surface area contributed by atoms with Gasteiger partial charge in [0.1, 0.15) is 19.3 Å². The molecule has 0 saturated heterocycles. The van der Waals surface area contributed by atoms with Gasteiger partial charge in [0.15, 0.2) is 0 Å². The summed E-state index contributed by atoms with van der Waals surface area (Å²) in [7, 11) is 0. The van der Waals surface area contributed by atoms with Crippen molar-refractivity contribution in [1.29, 1.82) is 5.26 Å². The molecule has 0 aromatic heterocycles. The molecule has 0 aliphatic heterocycles. The number of nitrogens with one attached hydrogen (secondary N) is 2. The first kappa shape index (κ1) is 16.6. The lowest BCUT2D eigenvalue weighted by Gasteiger charge is -2.08. The van der Waals surface area contributed by atoms with Gasteiger partial charge < -0.3 is 15.2 Å². The topological polar surface area (TPSA) is 129 Å². The Morgan fingerprint density at radius 3 is 2.67 bits per heavy atom. The third-order valence-corrected chi connectivity index (χ3v) is 2.56. The molecule has 0 radical (unpaired) electrons. The maximum Gasteiger partial charge on any atom is 0.329 e. The quantitative estimate of drug-likeness (QED) is 0.724. The van der Waals surface area contributed by atoms with Crippen molar-refractivity contribution in [1.82, 2.24) is 5.32 Å². The molecular formula is C12H10BrN3O5. The summed E-state index contributed by atoms with van der Waals surface area (Å²) in [6.07, 6.45) is 0. The average Bonchev–Trinajstić information content (AvgIpc) is 2.38. The first-order chi connectivity index (χ1) is 9.92. The highest BCUT2D eigenvalue weighted by molar-refractivity contribution is 9.10. The molecule has 0 atom stereocenters. The number of carbonyl (C=O) groups is 3. The fourth-order valence-corrected chi connectivity index (χ4v) is 1.63. The van der Waals surface area contributed by atoms with E-state index in [0.717, 1.165) is 0 Å². The van der Waals surface area contributed by atoms with Crippen LogP contribution in [0.25, 0.3) is 0 Å². The molecule has 21 heavy (non-hydrogen) atoms. The first-order valence-corrected chi connectivity index (χ1v) is 6.31. The van der Waals surface area contributed by atoms with Crippen LogP contribution in [0.3, 0.4) is 0 Å². The van der Waals surface area contributed by atoms with Gasteiger partial charge in [0.2, 0.25) is 0 Å². The largest absolute Gasteiger partial charge is 0.480 e. The summed E-state index contributed by atoms with van der Waals surface area (Å²) in [5, 5.41) is 21.5. The van der Waals surface area contributed by atoms with E-state index in [4.69, 9.17) is 10.4 Å².